The molecule has 3 heteroatoms. The van der Waals surface area contributed by atoms with Gasteiger partial charge in [-0.3, -0.25) is 4.79 Å². The van der Waals surface area contributed by atoms with Gasteiger partial charge in [0.15, 0.2) is 0 Å². The van der Waals surface area contributed by atoms with Gasteiger partial charge in [0.25, 0.3) is 0 Å². The lowest BCUT2D eigenvalue weighted by molar-refractivity contribution is -0.135. The molecular formula is C18H28N2O. The average Bonchev–Trinajstić information content (AvgIpc) is 2.49. The summed E-state index contributed by atoms with van der Waals surface area (Å²) >= 11 is 0. The Balaban J connectivity index is 1.81. The molecule has 0 spiro atoms. The SMILES string of the molecule is Cc1ccc(CCCC(=O)N2CCCCC2C(C)N)cc1. The van der Waals surface area contributed by atoms with Gasteiger partial charge in [-0.25, -0.2) is 0 Å². The smallest absolute Gasteiger partial charge is 0.222 e. The summed E-state index contributed by atoms with van der Waals surface area (Å²) < 4.78 is 0. The topological polar surface area (TPSA) is 46.3 Å². The molecule has 1 fully saturated rings. The van der Waals surface area contributed by atoms with Crippen LogP contribution in [-0.4, -0.2) is 29.4 Å². The molecule has 2 unspecified atom stereocenters. The van der Waals surface area contributed by atoms with Gasteiger partial charge in [-0.2, -0.15) is 0 Å². The van der Waals surface area contributed by atoms with Gasteiger partial charge in [0.1, 0.15) is 0 Å². The first-order valence-corrected chi connectivity index (χ1v) is 8.18. The average molecular weight is 288 g/mol. The molecule has 1 aromatic rings. The summed E-state index contributed by atoms with van der Waals surface area (Å²) in [5, 5.41) is 0. The Labute approximate surface area is 128 Å². The highest BCUT2D eigenvalue weighted by molar-refractivity contribution is 5.76. The Morgan fingerprint density at radius 1 is 1.33 bits per heavy atom. The first-order chi connectivity index (χ1) is 10.1. The molecule has 0 bridgehead atoms. The van der Waals surface area contributed by atoms with E-state index in [-0.39, 0.29) is 18.0 Å². The number of benzene rings is 1. The second-order valence-corrected chi connectivity index (χ2v) is 6.35. The highest BCUT2D eigenvalue weighted by atomic mass is 16.2. The summed E-state index contributed by atoms with van der Waals surface area (Å²) in [6, 6.07) is 8.90. The van der Waals surface area contributed by atoms with E-state index in [1.54, 1.807) is 0 Å². The summed E-state index contributed by atoms with van der Waals surface area (Å²) in [5.74, 6) is 0.282. The van der Waals surface area contributed by atoms with E-state index in [1.165, 1.54) is 17.5 Å². The molecule has 2 N–H and O–H groups in total. The Morgan fingerprint density at radius 2 is 2.05 bits per heavy atom. The molecule has 1 heterocycles. The fourth-order valence-electron chi connectivity index (χ4n) is 3.16. The third-order valence-corrected chi connectivity index (χ3v) is 4.45. The van der Waals surface area contributed by atoms with Crippen LogP contribution in [0.3, 0.4) is 0 Å². The van der Waals surface area contributed by atoms with Gasteiger partial charge in [0.2, 0.25) is 5.91 Å². The molecule has 2 atom stereocenters. The van der Waals surface area contributed by atoms with Crippen LogP contribution in [0.2, 0.25) is 0 Å². The number of carbonyl (C=O) groups excluding carboxylic acids is 1. The standard InChI is InChI=1S/C18H28N2O/c1-14-9-11-16(12-10-14)6-5-8-18(21)20-13-4-3-7-17(20)15(2)19/h9-12,15,17H,3-8,13,19H2,1-2H3. The van der Waals surface area contributed by atoms with Gasteiger partial charge in [-0.05, 0) is 51.5 Å². The zero-order chi connectivity index (χ0) is 15.2. The Kier molecular flexibility index (Phi) is 5.80. The van der Waals surface area contributed by atoms with E-state index in [9.17, 15) is 4.79 Å². The quantitative estimate of drug-likeness (QED) is 0.905. The number of hydrogen-bond donors (Lipinski definition) is 1. The Morgan fingerprint density at radius 3 is 2.71 bits per heavy atom. The third-order valence-electron chi connectivity index (χ3n) is 4.45. The number of rotatable bonds is 5. The van der Waals surface area contributed by atoms with Gasteiger partial charge in [-0.1, -0.05) is 29.8 Å². The monoisotopic (exact) mass is 288 g/mol. The van der Waals surface area contributed by atoms with E-state index in [2.05, 4.69) is 31.2 Å². The highest BCUT2D eigenvalue weighted by Crippen LogP contribution is 2.20. The van der Waals surface area contributed by atoms with Crippen LogP contribution in [0, 0.1) is 6.92 Å². The van der Waals surface area contributed by atoms with Gasteiger partial charge in [-0.15, -0.1) is 0 Å². The molecule has 0 aliphatic carbocycles. The second-order valence-electron chi connectivity index (χ2n) is 6.35. The van der Waals surface area contributed by atoms with Crippen LogP contribution in [0.25, 0.3) is 0 Å². The minimum atomic E-state index is 0.0753. The number of nitrogens with zero attached hydrogens (tertiary/aromatic N) is 1. The van der Waals surface area contributed by atoms with Crippen molar-refractivity contribution in [2.45, 2.75) is 64.5 Å². The van der Waals surface area contributed by atoms with E-state index < -0.39 is 0 Å². The number of nitrogens with two attached hydrogens (primary N) is 1. The van der Waals surface area contributed by atoms with Crippen molar-refractivity contribution in [2.75, 3.05) is 6.54 Å². The molecule has 21 heavy (non-hydrogen) atoms. The summed E-state index contributed by atoms with van der Waals surface area (Å²) in [6.45, 7) is 5.00. The van der Waals surface area contributed by atoms with Gasteiger partial charge < -0.3 is 10.6 Å². The largest absolute Gasteiger partial charge is 0.338 e. The predicted molar refractivity (Wildman–Crippen MR) is 87.1 cm³/mol. The van der Waals surface area contributed by atoms with E-state index >= 15 is 0 Å². The Hall–Kier alpha value is -1.35. The number of amides is 1. The molecule has 0 saturated carbocycles. The minimum absolute atomic E-state index is 0.0753. The van der Waals surface area contributed by atoms with Crippen molar-refractivity contribution < 1.29 is 4.79 Å². The van der Waals surface area contributed by atoms with Crippen molar-refractivity contribution in [1.82, 2.24) is 4.90 Å². The zero-order valence-corrected chi connectivity index (χ0v) is 13.3. The molecule has 2 rings (SSSR count). The Bertz CT molecular complexity index is 453. The lowest BCUT2D eigenvalue weighted by atomic mass is 9.96. The number of aryl methyl sites for hydroxylation is 2. The molecule has 3 nitrogen and oxygen atoms in total. The van der Waals surface area contributed by atoms with Crippen LogP contribution in [-0.2, 0) is 11.2 Å². The third kappa shape index (κ3) is 4.57. The molecule has 0 aromatic heterocycles. The molecule has 1 aliphatic rings. The number of hydrogen-bond acceptors (Lipinski definition) is 2. The van der Waals surface area contributed by atoms with E-state index in [0.29, 0.717) is 6.42 Å². The fourth-order valence-corrected chi connectivity index (χ4v) is 3.16. The van der Waals surface area contributed by atoms with E-state index in [1.807, 2.05) is 11.8 Å². The maximum Gasteiger partial charge on any atom is 0.222 e. The highest BCUT2D eigenvalue weighted by Gasteiger charge is 2.28. The molecular weight excluding hydrogens is 260 g/mol. The number of carbonyl (C=O) groups is 1. The summed E-state index contributed by atoms with van der Waals surface area (Å²) in [6.07, 6.45) is 5.90. The fraction of sp³-hybridized carbons (Fsp3) is 0.611. The molecule has 0 radical (unpaired) electrons. The molecule has 1 amide bonds. The van der Waals surface area contributed by atoms with Crippen LogP contribution in [0.4, 0.5) is 0 Å². The van der Waals surface area contributed by atoms with Crippen LogP contribution in [0.15, 0.2) is 24.3 Å². The van der Waals surface area contributed by atoms with E-state index in [4.69, 9.17) is 5.73 Å². The lowest BCUT2D eigenvalue weighted by Gasteiger charge is -2.38. The maximum atomic E-state index is 12.4. The molecule has 1 aromatic carbocycles. The number of piperidine rings is 1. The van der Waals surface area contributed by atoms with Crippen LogP contribution >= 0.6 is 0 Å². The van der Waals surface area contributed by atoms with Crippen LogP contribution < -0.4 is 5.73 Å². The number of likely N-dealkylation sites (tertiary alicyclic amines) is 1. The van der Waals surface area contributed by atoms with Crippen molar-refractivity contribution in [3.05, 3.63) is 35.4 Å². The van der Waals surface area contributed by atoms with Gasteiger partial charge in [0.05, 0.1) is 0 Å². The second kappa shape index (κ2) is 7.60. The van der Waals surface area contributed by atoms with Crippen molar-refractivity contribution >= 4 is 5.91 Å². The van der Waals surface area contributed by atoms with E-state index in [0.717, 1.165) is 32.2 Å². The summed E-state index contributed by atoms with van der Waals surface area (Å²) in [7, 11) is 0. The van der Waals surface area contributed by atoms with Crippen LogP contribution in [0.5, 0.6) is 0 Å². The summed E-state index contributed by atoms with van der Waals surface area (Å²) in [5.41, 5.74) is 8.63. The molecule has 116 valence electrons. The minimum Gasteiger partial charge on any atom is -0.338 e. The first-order valence-electron chi connectivity index (χ1n) is 8.18. The van der Waals surface area contributed by atoms with Gasteiger partial charge >= 0.3 is 0 Å². The van der Waals surface area contributed by atoms with Crippen molar-refractivity contribution in [3.63, 3.8) is 0 Å². The van der Waals surface area contributed by atoms with Crippen molar-refractivity contribution in [3.8, 4) is 0 Å². The molecule has 1 saturated heterocycles. The lowest BCUT2D eigenvalue weighted by Crippen LogP contribution is -2.51. The van der Waals surface area contributed by atoms with Crippen molar-refractivity contribution in [2.24, 2.45) is 5.73 Å². The summed E-state index contributed by atoms with van der Waals surface area (Å²) in [4.78, 5) is 14.5. The van der Waals surface area contributed by atoms with Gasteiger partial charge in [0, 0.05) is 25.0 Å². The zero-order valence-electron chi connectivity index (χ0n) is 13.3. The maximum absolute atomic E-state index is 12.4. The normalized spacial score (nSPS) is 20.3. The van der Waals surface area contributed by atoms with Crippen LogP contribution in [0.1, 0.15) is 50.2 Å². The van der Waals surface area contributed by atoms with Crippen molar-refractivity contribution in [1.29, 1.82) is 0 Å². The molecule has 1 aliphatic heterocycles. The predicted octanol–water partition coefficient (Wildman–Crippen LogP) is 3.05. The first kappa shape index (κ1) is 16.0.